The Morgan fingerprint density at radius 3 is 2.77 bits per heavy atom. The number of hydrogen-bond donors (Lipinski definition) is 0. The van der Waals surface area contributed by atoms with E-state index in [1.54, 1.807) is 4.68 Å². The lowest BCUT2D eigenvalue weighted by molar-refractivity contribution is -0.132. The molecule has 0 aromatic carbocycles. The summed E-state index contributed by atoms with van der Waals surface area (Å²) in [5.41, 5.74) is 0. The molecule has 120 valence electrons. The largest absolute Gasteiger partial charge is 0.339 e. The molecule has 1 aromatic heterocycles. The Kier molecular flexibility index (Phi) is 3.60. The van der Waals surface area contributed by atoms with Crippen LogP contribution < -0.4 is 0 Å². The maximum Gasteiger partial charge on any atom is 0.244 e. The molecule has 4 fully saturated rings. The van der Waals surface area contributed by atoms with Crippen LogP contribution in [0.5, 0.6) is 0 Å². The van der Waals surface area contributed by atoms with Gasteiger partial charge in [0, 0.05) is 32.2 Å². The van der Waals surface area contributed by atoms with Crippen molar-refractivity contribution in [1.29, 1.82) is 0 Å². The molecule has 0 unspecified atom stereocenters. The summed E-state index contributed by atoms with van der Waals surface area (Å²) in [4.78, 5) is 17.3. The minimum absolute atomic E-state index is 0.153. The lowest BCUT2D eigenvalue weighted by atomic mass is 9.95. The van der Waals surface area contributed by atoms with Gasteiger partial charge in [0.2, 0.25) is 5.91 Å². The fourth-order valence-corrected chi connectivity index (χ4v) is 3.86. The first kappa shape index (κ1) is 14.1. The van der Waals surface area contributed by atoms with Crippen molar-refractivity contribution in [2.24, 2.45) is 11.8 Å². The summed E-state index contributed by atoms with van der Waals surface area (Å²) in [6.07, 6.45) is 5.30. The van der Waals surface area contributed by atoms with Gasteiger partial charge in [0.15, 0.2) is 0 Å². The predicted molar refractivity (Wildman–Crippen MR) is 79.9 cm³/mol. The number of piperidine rings is 1. The van der Waals surface area contributed by atoms with Crippen LogP contribution in [-0.2, 0) is 11.3 Å². The number of tetrazole rings is 1. The normalized spacial score (nSPS) is 28.9. The highest BCUT2D eigenvalue weighted by molar-refractivity contribution is 5.76. The Balaban J connectivity index is 1.42. The van der Waals surface area contributed by atoms with Crippen LogP contribution in [0, 0.1) is 18.8 Å². The molecule has 1 saturated carbocycles. The first-order chi connectivity index (χ1) is 10.7. The van der Waals surface area contributed by atoms with Gasteiger partial charge in [-0.1, -0.05) is 0 Å². The summed E-state index contributed by atoms with van der Waals surface area (Å²) in [5.74, 6) is 2.41. The Morgan fingerprint density at radius 2 is 2.05 bits per heavy atom. The number of nitrogens with zero attached hydrogens (tertiary/aromatic N) is 6. The molecule has 1 amide bonds. The Bertz CT molecular complexity index is 554. The molecule has 22 heavy (non-hydrogen) atoms. The van der Waals surface area contributed by atoms with E-state index in [4.69, 9.17) is 0 Å². The van der Waals surface area contributed by atoms with Gasteiger partial charge in [0.25, 0.3) is 0 Å². The maximum absolute atomic E-state index is 12.6. The number of rotatable bonds is 4. The monoisotopic (exact) mass is 304 g/mol. The van der Waals surface area contributed by atoms with Crippen LogP contribution in [0.1, 0.15) is 31.5 Å². The smallest absolute Gasteiger partial charge is 0.244 e. The molecule has 2 atom stereocenters. The van der Waals surface area contributed by atoms with E-state index >= 15 is 0 Å². The molecular formula is C15H24N6O. The first-order valence-corrected chi connectivity index (χ1v) is 8.43. The molecule has 2 bridgehead atoms. The fraction of sp³-hybridized carbons (Fsp3) is 0.867. The summed E-state index contributed by atoms with van der Waals surface area (Å²) in [6.45, 7) is 6.29. The lowest BCUT2D eigenvalue weighted by Crippen LogP contribution is -2.45. The van der Waals surface area contributed by atoms with Gasteiger partial charge in [0.1, 0.15) is 12.4 Å². The van der Waals surface area contributed by atoms with Gasteiger partial charge in [-0.3, -0.25) is 9.69 Å². The van der Waals surface area contributed by atoms with E-state index in [1.165, 1.54) is 38.8 Å². The zero-order chi connectivity index (χ0) is 15.1. The van der Waals surface area contributed by atoms with Gasteiger partial charge < -0.3 is 4.90 Å². The highest BCUT2D eigenvalue weighted by atomic mass is 16.2. The second kappa shape index (κ2) is 5.61. The highest BCUT2D eigenvalue weighted by Crippen LogP contribution is 2.34. The SMILES string of the molecule is Cc1nnnn1CC(=O)N1C[C@H]2CC[C@@H](C1)N(CC1CC1)C2. The molecule has 3 aliphatic heterocycles. The van der Waals surface area contributed by atoms with Gasteiger partial charge in [-0.25, -0.2) is 4.68 Å². The zero-order valence-electron chi connectivity index (χ0n) is 13.2. The molecule has 0 spiro atoms. The molecule has 1 aliphatic carbocycles. The fourth-order valence-electron chi connectivity index (χ4n) is 3.86. The van der Waals surface area contributed by atoms with Crippen molar-refractivity contribution in [3.8, 4) is 0 Å². The van der Waals surface area contributed by atoms with E-state index in [-0.39, 0.29) is 12.5 Å². The number of aryl methyl sites for hydroxylation is 1. The number of aromatic nitrogens is 4. The third-order valence-corrected chi connectivity index (χ3v) is 5.37. The molecule has 0 radical (unpaired) electrons. The third-order valence-electron chi connectivity index (χ3n) is 5.37. The van der Waals surface area contributed by atoms with E-state index in [1.807, 2.05) is 6.92 Å². The van der Waals surface area contributed by atoms with Gasteiger partial charge in [0.05, 0.1) is 0 Å². The van der Waals surface area contributed by atoms with Crippen molar-refractivity contribution in [1.82, 2.24) is 30.0 Å². The molecule has 0 N–H and O–H groups in total. The predicted octanol–water partition coefficient (Wildman–Crippen LogP) is 0.314. The van der Waals surface area contributed by atoms with E-state index in [9.17, 15) is 4.79 Å². The van der Waals surface area contributed by atoms with Gasteiger partial charge in [-0.05, 0) is 54.9 Å². The second-order valence-electron chi connectivity index (χ2n) is 7.18. The summed E-state index contributed by atoms with van der Waals surface area (Å²) in [6, 6.07) is 0.554. The summed E-state index contributed by atoms with van der Waals surface area (Å²) in [5, 5.41) is 11.4. The van der Waals surface area contributed by atoms with Crippen LogP contribution >= 0.6 is 0 Å². The van der Waals surface area contributed by atoms with Gasteiger partial charge in [-0.2, -0.15) is 0 Å². The molecule has 7 nitrogen and oxygen atoms in total. The minimum Gasteiger partial charge on any atom is -0.339 e. The molecule has 1 aromatic rings. The average Bonchev–Trinajstić information content (AvgIpc) is 3.28. The van der Waals surface area contributed by atoms with Crippen LogP contribution in [0.15, 0.2) is 0 Å². The first-order valence-electron chi connectivity index (χ1n) is 8.43. The van der Waals surface area contributed by atoms with Gasteiger partial charge in [-0.15, -0.1) is 5.10 Å². The molecule has 3 saturated heterocycles. The number of carbonyl (C=O) groups is 1. The van der Waals surface area contributed by atoms with Gasteiger partial charge >= 0.3 is 0 Å². The Labute approximate surface area is 130 Å². The van der Waals surface area contributed by atoms with Crippen LogP contribution in [0.4, 0.5) is 0 Å². The van der Waals surface area contributed by atoms with Crippen LogP contribution in [-0.4, -0.2) is 68.1 Å². The standard InChI is InChI=1S/C15H24N6O/c1-11-16-17-18-21(11)10-15(22)20-8-13-4-5-14(9-20)19(7-13)6-12-2-3-12/h12-14H,2-10H2,1H3/t13-,14-/m0/s1. The molecule has 5 rings (SSSR count). The Hall–Kier alpha value is -1.50. The summed E-state index contributed by atoms with van der Waals surface area (Å²) in [7, 11) is 0. The topological polar surface area (TPSA) is 67.2 Å². The average molecular weight is 304 g/mol. The van der Waals surface area contributed by atoms with Crippen LogP contribution in [0.25, 0.3) is 0 Å². The molecule has 4 aliphatic rings. The van der Waals surface area contributed by atoms with E-state index in [2.05, 4.69) is 25.3 Å². The van der Waals surface area contributed by atoms with E-state index in [0.717, 1.165) is 19.0 Å². The summed E-state index contributed by atoms with van der Waals surface area (Å²) >= 11 is 0. The number of amides is 1. The second-order valence-corrected chi connectivity index (χ2v) is 7.18. The number of carbonyl (C=O) groups excluding carboxylic acids is 1. The third kappa shape index (κ3) is 2.86. The summed E-state index contributed by atoms with van der Waals surface area (Å²) < 4.78 is 1.59. The molecule has 4 heterocycles. The maximum atomic E-state index is 12.6. The van der Waals surface area contributed by atoms with Crippen molar-refractivity contribution >= 4 is 5.91 Å². The number of fused-ring (bicyclic) bond motifs is 4. The van der Waals surface area contributed by atoms with Crippen molar-refractivity contribution in [2.75, 3.05) is 26.2 Å². The molecule has 7 heteroatoms. The zero-order valence-corrected chi connectivity index (χ0v) is 13.2. The van der Waals surface area contributed by atoms with E-state index in [0.29, 0.717) is 17.8 Å². The Morgan fingerprint density at radius 1 is 1.18 bits per heavy atom. The van der Waals surface area contributed by atoms with Crippen molar-refractivity contribution in [3.63, 3.8) is 0 Å². The van der Waals surface area contributed by atoms with Crippen LogP contribution in [0.2, 0.25) is 0 Å². The van der Waals surface area contributed by atoms with E-state index < -0.39 is 0 Å². The van der Waals surface area contributed by atoms with Crippen molar-refractivity contribution < 1.29 is 4.79 Å². The molecular weight excluding hydrogens is 280 g/mol. The van der Waals surface area contributed by atoms with Crippen LogP contribution in [0.3, 0.4) is 0 Å². The van der Waals surface area contributed by atoms with Crippen molar-refractivity contribution in [2.45, 2.75) is 45.2 Å². The quantitative estimate of drug-likeness (QED) is 0.801. The minimum atomic E-state index is 0.153. The van der Waals surface area contributed by atoms with Crippen molar-refractivity contribution in [3.05, 3.63) is 5.82 Å². The number of hydrogen-bond acceptors (Lipinski definition) is 5. The highest BCUT2D eigenvalue weighted by Gasteiger charge is 2.38. The lowest BCUT2D eigenvalue weighted by Gasteiger charge is -2.36.